The second-order valence-electron chi connectivity index (χ2n) is 6.61. The van der Waals surface area contributed by atoms with Crippen molar-refractivity contribution in [2.45, 2.75) is 22.6 Å². The fraction of sp³-hybridized carbons (Fsp3) is 0.350. The molecule has 8 heteroatoms. The zero-order chi connectivity index (χ0) is 20.0. The zero-order valence-electron chi connectivity index (χ0n) is 15.4. The van der Waals surface area contributed by atoms with Gasteiger partial charge < -0.3 is 5.32 Å². The summed E-state index contributed by atoms with van der Waals surface area (Å²) in [5, 5.41) is 2.91. The predicted octanol–water partition coefficient (Wildman–Crippen LogP) is 3.13. The largest absolute Gasteiger partial charge is 0.355 e. The van der Waals surface area contributed by atoms with Crippen LogP contribution in [0.1, 0.15) is 12.8 Å². The molecule has 1 aliphatic heterocycles. The number of thioether (sulfide) groups is 1. The van der Waals surface area contributed by atoms with Crippen molar-refractivity contribution >= 4 is 27.7 Å². The Bertz CT molecular complexity index is 889. The third kappa shape index (κ3) is 5.33. The number of sulfonamides is 1. The number of nitrogens with zero attached hydrogens (tertiary/aromatic N) is 1. The Morgan fingerprint density at radius 3 is 2.57 bits per heavy atom. The van der Waals surface area contributed by atoms with Gasteiger partial charge in [-0.1, -0.05) is 18.2 Å². The lowest BCUT2D eigenvalue weighted by molar-refractivity contribution is -0.125. The molecule has 2 aromatic carbocycles. The van der Waals surface area contributed by atoms with Gasteiger partial charge in [0.25, 0.3) is 0 Å². The topological polar surface area (TPSA) is 66.5 Å². The Morgan fingerprint density at radius 2 is 1.86 bits per heavy atom. The van der Waals surface area contributed by atoms with E-state index >= 15 is 0 Å². The van der Waals surface area contributed by atoms with Gasteiger partial charge in [-0.3, -0.25) is 4.79 Å². The van der Waals surface area contributed by atoms with E-state index in [-0.39, 0.29) is 23.3 Å². The van der Waals surface area contributed by atoms with Crippen LogP contribution in [0, 0.1) is 11.7 Å². The van der Waals surface area contributed by atoms with Gasteiger partial charge in [0.05, 0.1) is 10.8 Å². The molecule has 1 atom stereocenters. The minimum absolute atomic E-state index is 0.0502. The number of carbonyl (C=O) groups excluding carboxylic acids is 1. The Morgan fingerprint density at radius 1 is 1.14 bits per heavy atom. The summed E-state index contributed by atoms with van der Waals surface area (Å²) in [4.78, 5) is 13.7. The molecule has 0 spiro atoms. The molecule has 1 fully saturated rings. The highest BCUT2D eigenvalue weighted by atomic mass is 32.2. The number of nitrogens with one attached hydrogen (secondary N) is 1. The van der Waals surface area contributed by atoms with E-state index in [1.54, 1.807) is 11.8 Å². The van der Waals surface area contributed by atoms with Gasteiger partial charge in [0.2, 0.25) is 15.9 Å². The highest BCUT2D eigenvalue weighted by molar-refractivity contribution is 7.99. The molecule has 5 nitrogen and oxygen atoms in total. The monoisotopic (exact) mass is 422 g/mol. The first-order valence-corrected chi connectivity index (χ1v) is 11.6. The van der Waals surface area contributed by atoms with Crippen molar-refractivity contribution in [1.29, 1.82) is 0 Å². The van der Waals surface area contributed by atoms with Gasteiger partial charge in [0, 0.05) is 30.3 Å². The van der Waals surface area contributed by atoms with E-state index < -0.39 is 15.8 Å². The number of piperidine rings is 1. The molecule has 1 N–H and O–H groups in total. The van der Waals surface area contributed by atoms with Crippen LogP contribution in [0.4, 0.5) is 4.39 Å². The summed E-state index contributed by atoms with van der Waals surface area (Å²) in [6, 6.07) is 14.7. The van der Waals surface area contributed by atoms with Crippen LogP contribution >= 0.6 is 11.8 Å². The van der Waals surface area contributed by atoms with Gasteiger partial charge in [-0.2, -0.15) is 4.31 Å². The van der Waals surface area contributed by atoms with E-state index in [4.69, 9.17) is 0 Å². The first-order chi connectivity index (χ1) is 13.5. The molecule has 150 valence electrons. The minimum atomic E-state index is -3.72. The first kappa shape index (κ1) is 20.8. The third-order valence-electron chi connectivity index (χ3n) is 4.62. The maximum atomic E-state index is 13.1. The molecule has 2 aromatic rings. The van der Waals surface area contributed by atoms with Gasteiger partial charge in [-0.15, -0.1) is 11.8 Å². The summed E-state index contributed by atoms with van der Waals surface area (Å²) < 4.78 is 39.9. The van der Waals surface area contributed by atoms with Crippen LogP contribution in [0.3, 0.4) is 0 Å². The number of amides is 1. The second-order valence-corrected chi connectivity index (χ2v) is 9.71. The molecule has 0 saturated carbocycles. The van der Waals surface area contributed by atoms with Gasteiger partial charge in [-0.05, 0) is 49.2 Å². The lowest BCUT2D eigenvalue weighted by Crippen LogP contribution is -2.45. The smallest absolute Gasteiger partial charge is 0.243 e. The van der Waals surface area contributed by atoms with Gasteiger partial charge in [0.1, 0.15) is 5.82 Å². The molecule has 0 aliphatic carbocycles. The fourth-order valence-electron chi connectivity index (χ4n) is 3.13. The minimum Gasteiger partial charge on any atom is -0.355 e. The van der Waals surface area contributed by atoms with Crippen LogP contribution in [-0.2, 0) is 14.8 Å². The van der Waals surface area contributed by atoms with Crippen molar-refractivity contribution in [2.24, 2.45) is 5.92 Å². The number of benzene rings is 2. The average molecular weight is 423 g/mol. The summed E-state index contributed by atoms with van der Waals surface area (Å²) in [7, 11) is -3.72. The molecule has 0 unspecified atom stereocenters. The molecule has 0 bridgehead atoms. The van der Waals surface area contributed by atoms with E-state index in [1.165, 1.54) is 16.4 Å². The quantitative estimate of drug-likeness (QED) is 0.550. The molecule has 0 aromatic heterocycles. The maximum Gasteiger partial charge on any atom is 0.243 e. The molecule has 0 radical (unpaired) electrons. The van der Waals surface area contributed by atoms with Crippen molar-refractivity contribution in [2.75, 3.05) is 25.4 Å². The normalized spacial score (nSPS) is 18.0. The molecule has 28 heavy (non-hydrogen) atoms. The van der Waals surface area contributed by atoms with Crippen LogP contribution in [0.5, 0.6) is 0 Å². The van der Waals surface area contributed by atoms with Crippen LogP contribution < -0.4 is 5.32 Å². The standard InChI is InChI=1S/C20H23FN2O3S2/c21-17-8-10-19(11-9-17)28(25,26)23-13-4-5-16(15-23)20(24)22-12-14-27-18-6-2-1-3-7-18/h1-3,6-11,16H,4-5,12-15H2,(H,22,24)/t16-/m1/s1. The lowest BCUT2D eigenvalue weighted by atomic mass is 9.99. The Kier molecular flexibility index (Phi) is 7.09. The molecule has 1 aliphatic rings. The summed E-state index contributed by atoms with van der Waals surface area (Å²) in [6.45, 7) is 1.05. The SMILES string of the molecule is O=C(NCCSc1ccccc1)[C@@H]1CCCN(S(=O)(=O)c2ccc(F)cc2)C1. The van der Waals surface area contributed by atoms with Crippen LogP contribution in [0.2, 0.25) is 0 Å². The molecule has 3 rings (SSSR count). The van der Waals surface area contributed by atoms with E-state index in [0.717, 1.165) is 22.8 Å². The van der Waals surface area contributed by atoms with Crippen LogP contribution in [0.15, 0.2) is 64.4 Å². The first-order valence-electron chi connectivity index (χ1n) is 9.18. The van der Waals surface area contributed by atoms with Crippen molar-refractivity contribution < 1.29 is 17.6 Å². The van der Waals surface area contributed by atoms with E-state index in [0.29, 0.717) is 25.9 Å². The zero-order valence-corrected chi connectivity index (χ0v) is 17.0. The highest BCUT2D eigenvalue weighted by Crippen LogP contribution is 2.24. The van der Waals surface area contributed by atoms with Crippen molar-refractivity contribution in [3.8, 4) is 0 Å². The molecule has 1 amide bonds. The van der Waals surface area contributed by atoms with Crippen molar-refractivity contribution in [3.05, 3.63) is 60.4 Å². The van der Waals surface area contributed by atoms with E-state index in [9.17, 15) is 17.6 Å². The van der Waals surface area contributed by atoms with E-state index in [2.05, 4.69) is 5.32 Å². The molecule has 1 saturated heterocycles. The number of carbonyl (C=O) groups is 1. The third-order valence-corrected chi connectivity index (χ3v) is 7.51. The summed E-state index contributed by atoms with van der Waals surface area (Å²) in [5.74, 6) is -0.221. The van der Waals surface area contributed by atoms with Crippen LogP contribution in [0.25, 0.3) is 0 Å². The Balaban J connectivity index is 1.52. The number of hydrogen-bond acceptors (Lipinski definition) is 4. The summed E-state index contributed by atoms with van der Waals surface area (Å²) >= 11 is 1.66. The number of hydrogen-bond donors (Lipinski definition) is 1. The lowest BCUT2D eigenvalue weighted by Gasteiger charge is -2.31. The van der Waals surface area contributed by atoms with Gasteiger partial charge in [0.15, 0.2) is 0 Å². The fourth-order valence-corrected chi connectivity index (χ4v) is 5.45. The second kappa shape index (κ2) is 9.54. The number of rotatable bonds is 7. The number of halogens is 1. The average Bonchev–Trinajstić information content (AvgIpc) is 2.72. The Hall–Kier alpha value is -1.90. The predicted molar refractivity (Wildman–Crippen MR) is 108 cm³/mol. The van der Waals surface area contributed by atoms with Gasteiger partial charge in [-0.25, -0.2) is 12.8 Å². The Labute approximate surface area is 169 Å². The molecular formula is C20H23FN2O3S2. The summed E-state index contributed by atoms with van der Waals surface area (Å²) in [6.07, 6.45) is 1.28. The molecular weight excluding hydrogens is 399 g/mol. The van der Waals surface area contributed by atoms with Gasteiger partial charge >= 0.3 is 0 Å². The van der Waals surface area contributed by atoms with Crippen LogP contribution in [-0.4, -0.2) is 44.0 Å². The van der Waals surface area contributed by atoms with Crippen molar-refractivity contribution in [1.82, 2.24) is 9.62 Å². The summed E-state index contributed by atoms with van der Waals surface area (Å²) in [5.41, 5.74) is 0. The van der Waals surface area contributed by atoms with E-state index in [1.807, 2.05) is 30.3 Å². The highest BCUT2D eigenvalue weighted by Gasteiger charge is 2.33. The van der Waals surface area contributed by atoms with Crippen molar-refractivity contribution in [3.63, 3.8) is 0 Å². The molecule has 1 heterocycles. The maximum absolute atomic E-state index is 13.1.